The second-order valence-corrected chi connectivity index (χ2v) is 4.52. The van der Waals surface area contributed by atoms with Crippen LogP contribution in [0.15, 0.2) is 51.7 Å². The summed E-state index contributed by atoms with van der Waals surface area (Å²) in [6.45, 7) is 0. The van der Waals surface area contributed by atoms with Crippen LogP contribution in [-0.4, -0.2) is 4.98 Å². The molecular weight excluding hydrogens is 266 g/mol. The van der Waals surface area contributed by atoms with Gasteiger partial charge in [-0.1, -0.05) is 18.2 Å². The minimum Gasteiger partial charge on any atom is -0.354 e. The van der Waals surface area contributed by atoms with Crippen LogP contribution in [-0.2, 0) is 0 Å². The third-order valence-electron chi connectivity index (χ3n) is 2.68. The van der Waals surface area contributed by atoms with Crippen molar-refractivity contribution in [2.45, 2.75) is 0 Å². The molecule has 16 heavy (non-hydrogen) atoms. The average molecular weight is 274 g/mol. The van der Waals surface area contributed by atoms with Gasteiger partial charge in [-0.15, -0.1) is 0 Å². The summed E-state index contributed by atoms with van der Waals surface area (Å²) in [5, 5.41) is 1.43. The number of aromatic nitrogens is 1. The Hall–Kier alpha value is -1.61. The van der Waals surface area contributed by atoms with E-state index in [4.69, 9.17) is 0 Å². The van der Waals surface area contributed by atoms with E-state index in [9.17, 15) is 4.79 Å². The number of rotatable bonds is 0. The Morgan fingerprint density at radius 3 is 2.56 bits per heavy atom. The van der Waals surface area contributed by atoms with Gasteiger partial charge >= 0.3 is 0 Å². The third kappa shape index (κ3) is 1.28. The lowest BCUT2D eigenvalue weighted by Gasteiger charge is -2.03. The molecule has 0 atom stereocenters. The van der Waals surface area contributed by atoms with Crippen LogP contribution in [0.1, 0.15) is 0 Å². The molecule has 0 radical (unpaired) electrons. The van der Waals surface area contributed by atoms with E-state index in [-0.39, 0.29) is 5.43 Å². The van der Waals surface area contributed by atoms with Crippen LogP contribution in [0.2, 0.25) is 0 Å². The van der Waals surface area contributed by atoms with Crippen LogP contribution in [0.5, 0.6) is 0 Å². The topological polar surface area (TPSA) is 32.9 Å². The van der Waals surface area contributed by atoms with Crippen LogP contribution in [0.4, 0.5) is 0 Å². The van der Waals surface area contributed by atoms with Crippen molar-refractivity contribution in [3.8, 4) is 0 Å². The number of nitrogens with one attached hydrogen (secondary N) is 1. The van der Waals surface area contributed by atoms with E-state index in [0.717, 1.165) is 20.9 Å². The fraction of sp³-hybridized carbons (Fsp3) is 0. The average Bonchev–Trinajstić information content (AvgIpc) is 2.29. The summed E-state index contributed by atoms with van der Waals surface area (Å²) in [6, 6.07) is 13.3. The van der Waals surface area contributed by atoms with Gasteiger partial charge in [0.15, 0.2) is 5.43 Å². The van der Waals surface area contributed by atoms with Gasteiger partial charge in [0, 0.05) is 15.4 Å². The molecule has 1 aromatic heterocycles. The van der Waals surface area contributed by atoms with Crippen LogP contribution in [0.3, 0.4) is 0 Å². The first-order valence-corrected chi connectivity index (χ1v) is 5.76. The standard InChI is InChI=1S/C13H8BrNO/c14-9-5-3-7-11-12(9)13(16)8-4-1-2-6-10(8)15-11/h1-7H,(H,15,16). The Morgan fingerprint density at radius 2 is 1.69 bits per heavy atom. The maximum absolute atomic E-state index is 12.3. The number of pyridine rings is 1. The van der Waals surface area contributed by atoms with Gasteiger partial charge in [0.1, 0.15) is 0 Å². The zero-order chi connectivity index (χ0) is 11.1. The highest BCUT2D eigenvalue weighted by Crippen LogP contribution is 2.21. The highest BCUT2D eigenvalue weighted by molar-refractivity contribution is 9.10. The maximum atomic E-state index is 12.3. The lowest BCUT2D eigenvalue weighted by molar-refractivity contribution is 1.47. The van der Waals surface area contributed by atoms with Crippen molar-refractivity contribution in [3.05, 3.63) is 57.2 Å². The number of hydrogen-bond acceptors (Lipinski definition) is 1. The number of hydrogen-bond donors (Lipinski definition) is 1. The minimum absolute atomic E-state index is 0.0665. The number of benzene rings is 2. The number of halogens is 1. The number of aromatic amines is 1. The summed E-state index contributed by atoms with van der Waals surface area (Å²) in [5.74, 6) is 0. The van der Waals surface area contributed by atoms with E-state index < -0.39 is 0 Å². The van der Waals surface area contributed by atoms with Gasteiger partial charge < -0.3 is 4.98 Å². The molecule has 3 heteroatoms. The van der Waals surface area contributed by atoms with Gasteiger partial charge in [0.05, 0.1) is 10.9 Å². The normalized spacial score (nSPS) is 11.1. The first-order valence-electron chi connectivity index (χ1n) is 4.96. The third-order valence-corrected chi connectivity index (χ3v) is 3.34. The lowest BCUT2D eigenvalue weighted by Crippen LogP contribution is -2.04. The molecule has 0 aliphatic rings. The summed E-state index contributed by atoms with van der Waals surface area (Å²) < 4.78 is 0.831. The molecule has 2 nitrogen and oxygen atoms in total. The van der Waals surface area contributed by atoms with Gasteiger partial charge in [0.25, 0.3) is 0 Å². The number of para-hydroxylation sites is 1. The second-order valence-electron chi connectivity index (χ2n) is 3.66. The predicted octanol–water partition coefficient (Wildman–Crippen LogP) is 3.44. The Bertz CT molecular complexity index is 746. The smallest absolute Gasteiger partial charge is 0.198 e. The molecule has 3 aromatic rings. The quantitative estimate of drug-likeness (QED) is 0.626. The van der Waals surface area contributed by atoms with Crippen LogP contribution < -0.4 is 5.43 Å². The molecule has 0 aliphatic carbocycles. The van der Waals surface area contributed by atoms with E-state index in [2.05, 4.69) is 20.9 Å². The Kier molecular flexibility index (Phi) is 2.07. The van der Waals surface area contributed by atoms with Crippen LogP contribution in [0, 0.1) is 0 Å². The van der Waals surface area contributed by atoms with Gasteiger partial charge in [-0.25, -0.2) is 0 Å². The molecule has 1 heterocycles. The highest BCUT2D eigenvalue weighted by Gasteiger charge is 2.06. The van der Waals surface area contributed by atoms with Gasteiger partial charge in [0.2, 0.25) is 0 Å². The molecular formula is C13H8BrNO. The molecule has 0 fully saturated rings. The summed E-state index contributed by atoms with van der Waals surface area (Å²) in [7, 11) is 0. The van der Waals surface area contributed by atoms with Crippen molar-refractivity contribution < 1.29 is 0 Å². The summed E-state index contributed by atoms with van der Waals surface area (Å²) in [6.07, 6.45) is 0. The molecule has 0 spiro atoms. The summed E-state index contributed by atoms with van der Waals surface area (Å²) >= 11 is 3.41. The van der Waals surface area contributed by atoms with Crippen molar-refractivity contribution in [2.24, 2.45) is 0 Å². The molecule has 3 rings (SSSR count). The second kappa shape index (κ2) is 3.46. The van der Waals surface area contributed by atoms with Gasteiger partial charge in [-0.3, -0.25) is 4.79 Å². The minimum atomic E-state index is 0.0665. The van der Waals surface area contributed by atoms with E-state index >= 15 is 0 Å². The summed E-state index contributed by atoms with van der Waals surface area (Å²) in [4.78, 5) is 15.5. The fourth-order valence-corrected chi connectivity index (χ4v) is 2.48. The van der Waals surface area contributed by atoms with E-state index in [1.54, 1.807) is 0 Å². The highest BCUT2D eigenvalue weighted by atomic mass is 79.9. The molecule has 0 unspecified atom stereocenters. The molecule has 0 saturated heterocycles. The molecule has 0 bridgehead atoms. The largest absolute Gasteiger partial charge is 0.354 e. The van der Waals surface area contributed by atoms with Crippen molar-refractivity contribution in [2.75, 3.05) is 0 Å². The number of fused-ring (bicyclic) bond motifs is 2. The lowest BCUT2D eigenvalue weighted by atomic mass is 10.1. The Morgan fingerprint density at radius 1 is 0.938 bits per heavy atom. The first-order chi connectivity index (χ1) is 7.77. The molecule has 2 aromatic carbocycles. The van der Waals surface area contributed by atoms with Gasteiger partial charge in [-0.05, 0) is 40.2 Å². The maximum Gasteiger partial charge on any atom is 0.198 e. The molecule has 0 saturated carbocycles. The van der Waals surface area contributed by atoms with Crippen LogP contribution in [0.25, 0.3) is 21.8 Å². The van der Waals surface area contributed by atoms with Crippen molar-refractivity contribution in [3.63, 3.8) is 0 Å². The monoisotopic (exact) mass is 273 g/mol. The SMILES string of the molecule is O=c1c2ccccc2[nH]c2cccc(Br)c12. The molecule has 0 amide bonds. The van der Waals surface area contributed by atoms with E-state index in [0.29, 0.717) is 5.39 Å². The first kappa shape index (κ1) is 9.60. The number of H-pyrrole nitrogens is 1. The predicted molar refractivity (Wildman–Crippen MR) is 69.8 cm³/mol. The zero-order valence-electron chi connectivity index (χ0n) is 8.33. The van der Waals surface area contributed by atoms with E-state index in [1.165, 1.54) is 0 Å². The van der Waals surface area contributed by atoms with Crippen molar-refractivity contribution >= 4 is 37.7 Å². The summed E-state index contributed by atoms with van der Waals surface area (Å²) in [5.41, 5.74) is 1.80. The van der Waals surface area contributed by atoms with E-state index in [1.807, 2.05) is 42.5 Å². The Balaban J connectivity index is 2.67. The zero-order valence-corrected chi connectivity index (χ0v) is 9.91. The molecule has 78 valence electrons. The van der Waals surface area contributed by atoms with Crippen LogP contribution >= 0.6 is 15.9 Å². The van der Waals surface area contributed by atoms with Crippen molar-refractivity contribution in [1.82, 2.24) is 4.98 Å². The van der Waals surface area contributed by atoms with Crippen molar-refractivity contribution in [1.29, 1.82) is 0 Å². The van der Waals surface area contributed by atoms with Gasteiger partial charge in [-0.2, -0.15) is 0 Å². The molecule has 0 aliphatic heterocycles. The Labute approximate surface area is 100 Å². The molecule has 1 N–H and O–H groups in total. The fourth-order valence-electron chi connectivity index (χ4n) is 1.93.